The summed E-state index contributed by atoms with van der Waals surface area (Å²) in [5.74, 6) is 0.178. The lowest BCUT2D eigenvalue weighted by molar-refractivity contribution is -0.122. The molecule has 1 amide bonds. The molecule has 2 fully saturated rings. The molecule has 1 saturated carbocycles. The average molecular weight is 296 g/mol. The van der Waals surface area contributed by atoms with Crippen LogP contribution in [-0.4, -0.2) is 74.6 Å². The molecule has 2 rings (SSSR count). The summed E-state index contributed by atoms with van der Waals surface area (Å²) in [5.41, 5.74) is 0. The van der Waals surface area contributed by atoms with Gasteiger partial charge in [-0.05, 0) is 32.9 Å². The summed E-state index contributed by atoms with van der Waals surface area (Å²) in [7, 11) is 2.23. The molecule has 2 aliphatic rings. The highest BCUT2D eigenvalue weighted by Gasteiger charge is 2.17. The minimum absolute atomic E-state index is 0.178. The van der Waals surface area contributed by atoms with E-state index in [1.54, 1.807) is 0 Å². The van der Waals surface area contributed by atoms with E-state index < -0.39 is 0 Å². The van der Waals surface area contributed by atoms with E-state index in [1.807, 2.05) is 0 Å². The molecule has 0 unspecified atom stereocenters. The van der Waals surface area contributed by atoms with Crippen LogP contribution in [0.1, 0.15) is 38.5 Å². The van der Waals surface area contributed by atoms with Crippen molar-refractivity contribution in [2.75, 3.05) is 52.9 Å². The van der Waals surface area contributed by atoms with Crippen LogP contribution in [-0.2, 0) is 4.79 Å². The van der Waals surface area contributed by atoms with Crippen molar-refractivity contribution in [3.8, 4) is 0 Å². The average Bonchev–Trinajstić information content (AvgIpc) is 2.53. The van der Waals surface area contributed by atoms with Gasteiger partial charge in [0.05, 0.1) is 6.54 Å². The van der Waals surface area contributed by atoms with Crippen LogP contribution in [0.3, 0.4) is 0 Å². The minimum Gasteiger partial charge on any atom is -0.355 e. The van der Waals surface area contributed by atoms with Crippen molar-refractivity contribution >= 4 is 5.91 Å². The van der Waals surface area contributed by atoms with Crippen molar-refractivity contribution in [3.63, 3.8) is 0 Å². The van der Waals surface area contributed by atoms with Crippen LogP contribution in [0.5, 0.6) is 0 Å². The largest absolute Gasteiger partial charge is 0.355 e. The van der Waals surface area contributed by atoms with Crippen LogP contribution in [0, 0.1) is 0 Å². The van der Waals surface area contributed by atoms with Crippen molar-refractivity contribution in [1.29, 1.82) is 0 Å². The van der Waals surface area contributed by atoms with E-state index in [4.69, 9.17) is 0 Å². The first-order valence-electron chi connectivity index (χ1n) is 8.66. The van der Waals surface area contributed by atoms with Crippen molar-refractivity contribution < 1.29 is 4.79 Å². The molecule has 5 heteroatoms. The SMILES string of the molecule is CN(CCCNC(=O)CN1CCNCC1)C1CCCCC1. The molecule has 0 bridgehead atoms. The van der Waals surface area contributed by atoms with Gasteiger partial charge in [0.15, 0.2) is 0 Å². The van der Waals surface area contributed by atoms with E-state index in [0.29, 0.717) is 6.54 Å². The van der Waals surface area contributed by atoms with Crippen molar-refractivity contribution in [2.24, 2.45) is 0 Å². The Labute approximate surface area is 129 Å². The van der Waals surface area contributed by atoms with Crippen molar-refractivity contribution in [3.05, 3.63) is 0 Å². The smallest absolute Gasteiger partial charge is 0.234 e. The molecule has 5 nitrogen and oxygen atoms in total. The quantitative estimate of drug-likeness (QED) is 0.678. The predicted molar refractivity (Wildman–Crippen MR) is 86.4 cm³/mol. The number of nitrogens with zero attached hydrogens (tertiary/aromatic N) is 2. The first-order chi connectivity index (χ1) is 10.3. The highest BCUT2D eigenvalue weighted by molar-refractivity contribution is 5.77. The first-order valence-corrected chi connectivity index (χ1v) is 8.66. The lowest BCUT2D eigenvalue weighted by Crippen LogP contribution is -2.47. The second-order valence-corrected chi connectivity index (χ2v) is 6.50. The number of piperazine rings is 1. The number of amides is 1. The van der Waals surface area contributed by atoms with Gasteiger partial charge in [0, 0.05) is 38.8 Å². The number of carbonyl (C=O) groups excluding carboxylic acids is 1. The third-order valence-corrected chi connectivity index (χ3v) is 4.78. The van der Waals surface area contributed by atoms with Crippen LogP contribution >= 0.6 is 0 Å². The third-order valence-electron chi connectivity index (χ3n) is 4.78. The molecule has 0 aromatic rings. The zero-order valence-corrected chi connectivity index (χ0v) is 13.6. The molecule has 1 saturated heterocycles. The zero-order valence-electron chi connectivity index (χ0n) is 13.6. The van der Waals surface area contributed by atoms with Gasteiger partial charge >= 0.3 is 0 Å². The van der Waals surface area contributed by atoms with Gasteiger partial charge in [-0.2, -0.15) is 0 Å². The van der Waals surface area contributed by atoms with E-state index in [-0.39, 0.29) is 5.91 Å². The molecule has 0 spiro atoms. The minimum atomic E-state index is 0.178. The lowest BCUT2D eigenvalue weighted by Gasteiger charge is -2.31. The molecule has 0 aromatic carbocycles. The van der Waals surface area contributed by atoms with Crippen LogP contribution in [0.15, 0.2) is 0 Å². The highest BCUT2D eigenvalue weighted by Crippen LogP contribution is 2.21. The second kappa shape index (κ2) is 9.38. The summed E-state index contributed by atoms with van der Waals surface area (Å²) in [6.07, 6.45) is 7.94. The summed E-state index contributed by atoms with van der Waals surface area (Å²) in [4.78, 5) is 16.6. The Morgan fingerprint density at radius 2 is 1.95 bits per heavy atom. The summed E-state index contributed by atoms with van der Waals surface area (Å²) in [6.45, 7) is 6.43. The molecular formula is C16H32N4O. The van der Waals surface area contributed by atoms with Crippen LogP contribution in [0.4, 0.5) is 0 Å². The Hall–Kier alpha value is -0.650. The fraction of sp³-hybridized carbons (Fsp3) is 0.938. The first kappa shape index (κ1) is 16.7. The fourth-order valence-electron chi connectivity index (χ4n) is 3.39. The molecule has 1 heterocycles. The van der Waals surface area contributed by atoms with E-state index >= 15 is 0 Å². The zero-order chi connectivity index (χ0) is 14.9. The molecule has 21 heavy (non-hydrogen) atoms. The molecular weight excluding hydrogens is 264 g/mol. The summed E-state index contributed by atoms with van der Waals surface area (Å²) >= 11 is 0. The highest BCUT2D eigenvalue weighted by atomic mass is 16.2. The van der Waals surface area contributed by atoms with E-state index in [2.05, 4.69) is 27.5 Å². The Balaban J connectivity index is 1.51. The molecule has 0 atom stereocenters. The molecule has 1 aliphatic carbocycles. The molecule has 0 radical (unpaired) electrons. The van der Waals surface area contributed by atoms with Gasteiger partial charge in [0.1, 0.15) is 0 Å². The van der Waals surface area contributed by atoms with Gasteiger partial charge < -0.3 is 15.5 Å². The molecule has 1 aliphatic heterocycles. The third kappa shape index (κ3) is 6.32. The number of hydrogen-bond donors (Lipinski definition) is 2. The summed E-state index contributed by atoms with van der Waals surface area (Å²) < 4.78 is 0. The maximum absolute atomic E-state index is 11.9. The Morgan fingerprint density at radius 3 is 2.67 bits per heavy atom. The maximum atomic E-state index is 11.9. The van der Waals surface area contributed by atoms with Gasteiger partial charge in [-0.15, -0.1) is 0 Å². The van der Waals surface area contributed by atoms with Crippen LogP contribution < -0.4 is 10.6 Å². The molecule has 122 valence electrons. The van der Waals surface area contributed by atoms with Gasteiger partial charge in [-0.1, -0.05) is 19.3 Å². The standard InChI is InChI=1S/C16H32N4O/c1-19(15-6-3-2-4-7-15)11-5-8-18-16(21)14-20-12-9-17-10-13-20/h15,17H,2-14H2,1H3,(H,18,21). The van der Waals surface area contributed by atoms with E-state index in [0.717, 1.165) is 51.7 Å². The lowest BCUT2D eigenvalue weighted by atomic mass is 9.94. The van der Waals surface area contributed by atoms with Gasteiger partial charge in [0.2, 0.25) is 5.91 Å². The number of rotatable bonds is 7. The number of carbonyl (C=O) groups is 1. The van der Waals surface area contributed by atoms with Crippen LogP contribution in [0.2, 0.25) is 0 Å². The van der Waals surface area contributed by atoms with Crippen molar-refractivity contribution in [1.82, 2.24) is 20.4 Å². The molecule has 2 N–H and O–H groups in total. The number of hydrogen-bond acceptors (Lipinski definition) is 4. The molecule has 0 aromatic heterocycles. The van der Waals surface area contributed by atoms with Crippen LogP contribution in [0.25, 0.3) is 0 Å². The monoisotopic (exact) mass is 296 g/mol. The van der Waals surface area contributed by atoms with E-state index in [9.17, 15) is 4.79 Å². The predicted octanol–water partition coefficient (Wildman–Crippen LogP) is 0.662. The Morgan fingerprint density at radius 1 is 1.24 bits per heavy atom. The van der Waals surface area contributed by atoms with Crippen molar-refractivity contribution in [2.45, 2.75) is 44.6 Å². The Bertz CT molecular complexity index is 299. The summed E-state index contributed by atoms with van der Waals surface area (Å²) in [5, 5.41) is 6.37. The fourth-order valence-corrected chi connectivity index (χ4v) is 3.39. The van der Waals surface area contributed by atoms with E-state index in [1.165, 1.54) is 32.1 Å². The van der Waals surface area contributed by atoms with Gasteiger partial charge in [0.25, 0.3) is 0 Å². The van der Waals surface area contributed by atoms with Gasteiger partial charge in [-0.3, -0.25) is 9.69 Å². The summed E-state index contributed by atoms with van der Waals surface area (Å²) in [6, 6.07) is 0.773. The maximum Gasteiger partial charge on any atom is 0.234 e. The Kier molecular flexibility index (Phi) is 7.47. The number of nitrogens with one attached hydrogen (secondary N) is 2. The second-order valence-electron chi connectivity index (χ2n) is 6.50. The van der Waals surface area contributed by atoms with Gasteiger partial charge in [-0.25, -0.2) is 0 Å². The normalized spacial score (nSPS) is 21.6. The topological polar surface area (TPSA) is 47.6 Å².